The highest BCUT2D eigenvalue weighted by Gasteiger charge is 2.25. The number of carboxylic acid groups (broad SMARTS) is 1. The van der Waals surface area contributed by atoms with Crippen LogP contribution in [-0.2, 0) is 19.6 Å². The van der Waals surface area contributed by atoms with Gasteiger partial charge in [-0.2, -0.15) is 4.31 Å². The molecule has 0 heterocycles. The average molecular weight is 280 g/mol. The summed E-state index contributed by atoms with van der Waals surface area (Å²) in [4.78, 5) is 22.4. The highest BCUT2D eigenvalue weighted by Crippen LogP contribution is 2.02. The third-order valence-electron chi connectivity index (χ3n) is 2.46. The van der Waals surface area contributed by atoms with Crippen LogP contribution < -0.4 is 5.32 Å². The molecule has 0 aromatic rings. The molecule has 0 bridgehead atoms. The maximum atomic E-state index is 11.6. The van der Waals surface area contributed by atoms with Gasteiger partial charge in [-0.1, -0.05) is 13.8 Å². The SMILES string of the molecule is CCS(=O)(=O)N(C)CC(=O)N[C@H](C(=O)O)C(C)C. The molecule has 0 radical (unpaired) electrons. The van der Waals surface area contributed by atoms with Crippen LogP contribution in [0.5, 0.6) is 0 Å². The third-order valence-corrected chi connectivity index (χ3v) is 4.26. The van der Waals surface area contributed by atoms with E-state index in [0.29, 0.717) is 0 Å². The summed E-state index contributed by atoms with van der Waals surface area (Å²) in [5, 5.41) is 11.2. The number of nitrogens with zero attached hydrogens (tertiary/aromatic N) is 1. The molecule has 0 saturated heterocycles. The molecule has 0 aromatic carbocycles. The molecular formula is C10H20N2O5S. The zero-order chi connectivity index (χ0) is 14.5. The number of carboxylic acids is 1. The lowest BCUT2D eigenvalue weighted by Crippen LogP contribution is -2.48. The summed E-state index contributed by atoms with van der Waals surface area (Å²) in [6.07, 6.45) is 0. The lowest BCUT2D eigenvalue weighted by molar-refractivity contribution is -0.143. The molecule has 0 spiro atoms. The van der Waals surface area contributed by atoms with Crippen molar-refractivity contribution < 1.29 is 23.1 Å². The standard InChI is InChI=1S/C10H20N2O5S/c1-5-18(16,17)12(4)6-8(13)11-9(7(2)3)10(14)15/h7,9H,5-6H2,1-4H3,(H,11,13)(H,14,15)/t9-/m0/s1. The predicted molar refractivity (Wildman–Crippen MR) is 66.5 cm³/mol. The second-order valence-electron chi connectivity index (χ2n) is 4.28. The Labute approximate surface area is 107 Å². The van der Waals surface area contributed by atoms with Gasteiger partial charge in [-0.3, -0.25) is 4.79 Å². The number of rotatable bonds is 7. The first-order valence-electron chi connectivity index (χ1n) is 5.58. The number of hydrogen-bond acceptors (Lipinski definition) is 4. The van der Waals surface area contributed by atoms with Gasteiger partial charge in [0.2, 0.25) is 15.9 Å². The van der Waals surface area contributed by atoms with Gasteiger partial charge >= 0.3 is 5.97 Å². The van der Waals surface area contributed by atoms with E-state index in [1.807, 2.05) is 0 Å². The molecule has 0 aromatic heterocycles. The second-order valence-corrected chi connectivity index (χ2v) is 6.65. The number of amides is 1. The number of hydrogen-bond donors (Lipinski definition) is 2. The summed E-state index contributed by atoms with van der Waals surface area (Å²) in [6.45, 7) is 4.40. The first-order valence-corrected chi connectivity index (χ1v) is 7.19. The van der Waals surface area contributed by atoms with Crippen molar-refractivity contribution in [2.24, 2.45) is 5.92 Å². The molecule has 0 saturated carbocycles. The van der Waals surface area contributed by atoms with E-state index in [1.165, 1.54) is 14.0 Å². The van der Waals surface area contributed by atoms with Gasteiger partial charge in [0.05, 0.1) is 12.3 Å². The molecule has 1 atom stereocenters. The van der Waals surface area contributed by atoms with Gasteiger partial charge in [0, 0.05) is 7.05 Å². The van der Waals surface area contributed by atoms with Crippen molar-refractivity contribution in [2.45, 2.75) is 26.8 Å². The minimum atomic E-state index is -3.44. The lowest BCUT2D eigenvalue weighted by atomic mass is 10.1. The van der Waals surface area contributed by atoms with Crippen molar-refractivity contribution >= 4 is 21.9 Å². The van der Waals surface area contributed by atoms with Crippen LogP contribution in [0.15, 0.2) is 0 Å². The maximum Gasteiger partial charge on any atom is 0.326 e. The summed E-state index contributed by atoms with van der Waals surface area (Å²) >= 11 is 0. The quantitative estimate of drug-likeness (QED) is 0.654. The topological polar surface area (TPSA) is 104 Å². The first-order chi connectivity index (χ1) is 8.11. The fraction of sp³-hybridized carbons (Fsp3) is 0.800. The lowest BCUT2D eigenvalue weighted by Gasteiger charge is -2.20. The van der Waals surface area contributed by atoms with E-state index < -0.39 is 27.9 Å². The Balaban J connectivity index is 4.57. The molecule has 7 nitrogen and oxygen atoms in total. The molecule has 0 unspecified atom stereocenters. The zero-order valence-corrected chi connectivity index (χ0v) is 11.8. The van der Waals surface area contributed by atoms with E-state index in [9.17, 15) is 18.0 Å². The molecule has 106 valence electrons. The summed E-state index contributed by atoms with van der Waals surface area (Å²) in [7, 11) is -2.16. The van der Waals surface area contributed by atoms with Gasteiger partial charge in [-0.15, -0.1) is 0 Å². The number of carbonyl (C=O) groups excluding carboxylic acids is 1. The van der Waals surface area contributed by atoms with E-state index in [1.54, 1.807) is 13.8 Å². The Morgan fingerprint density at radius 3 is 2.17 bits per heavy atom. The van der Waals surface area contributed by atoms with Crippen molar-refractivity contribution in [3.05, 3.63) is 0 Å². The normalized spacial score (nSPS) is 13.7. The summed E-state index contributed by atoms with van der Waals surface area (Å²) in [5.74, 6) is -2.15. The van der Waals surface area contributed by atoms with Crippen molar-refractivity contribution in [3.63, 3.8) is 0 Å². The van der Waals surface area contributed by atoms with E-state index in [4.69, 9.17) is 5.11 Å². The van der Waals surface area contributed by atoms with Crippen molar-refractivity contribution in [1.82, 2.24) is 9.62 Å². The highest BCUT2D eigenvalue weighted by atomic mass is 32.2. The minimum absolute atomic E-state index is 0.108. The predicted octanol–water partition coefficient (Wildman–Crippen LogP) is -0.507. The Bertz CT molecular complexity index is 404. The molecular weight excluding hydrogens is 260 g/mol. The van der Waals surface area contributed by atoms with Crippen LogP contribution in [0.1, 0.15) is 20.8 Å². The van der Waals surface area contributed by atoms with Gasteiger partial charge in [0.1, 0.15) is 6.04 Å². The first kappa shape index (κ1) is 16.9. The molecule has 0 aliphatic rings. The second kappa shape index (κ2) is 6.69. The molecule has 0 aliphatic carbocycles. The number of likely N-dealkylation sites (N-methyl/N-ethyl adjacent to an activating group) is 1. The summed E-state index contributed by atoms with van der Waals surface area (Å²) in [6, 6.07) is -1.02. The monoisotopic (exact) mass is 280 g/mol. The molecule has 18 heavy (non-hydrogen) atoms. The van der Waals surface area contributed by atoms with Crippen LogP contribution in [0.4, 0.5) is 0 Å². The third kappa shape index (κ3) is 5.01. The van der Waals surface area contributed by atoms with Gasteiger partial charge in [0.15, 0.2) is 0 Å². The van der Waals surface area contributed by atoms with Crippen LogP contribution in [-0.4, -0.2) is 55.1 Å². The van der Waals surface area contributed by atoms with Gasteiger partial charge < -0.3 is 10.4 Å². The fourth-order valence-electron chi connectivity index (χ4n) is 1.25. The van der Waals surface area contributed by atoms with Crippen LogP contribution in [0.3, 0.4) is 0 Å². The molecule has 1 amide bonds. The number of nitrogens with one attached hydrogen (secondary N) is 1. The minimum Gasteiger partial charge on any atom is -0.480 e. The van der Waals surface area contributed by atoms with E-state index >= 15 is 0 Å². The van der Waals surface area contributed by atoms with Crippen molar-refractivity contribution in [1.29, 1.82) is 0 Å². The summed E-state index contributed by atoms with van der Waals surface area (Å²) in [5.41, 5.74) is 0. The van der Waals surface area contributed by atoms with Gasteiger partial charge in [0.25, 0.3) is 0 Å². The summed E-state index contributed by atoms with van der Waals surface area (Å²) < 4.78 is 23.7. The molecule has 0 fully saturated rings. The Kier molecular flexibility index (Phi) is 6.27. The number of aliphatic carboxylic acids is 1. The molecule has 0 aliphatic heterocycles. The van der Waals surface area contributed by atoms with Gasteiger partial charge in [-0.05, 0) is 12.8 Å². The van der Waals surface area contributed by atoms with Crippen LogP contribution in [0, 0.1) is 5.92 Å². The van der Waals surface area contributed by atoms with Crippen molar-refractivity contribution in [2.75, 3.05) is 19.3 Å². The number of sulfonamides is 1. The van der Waals surface area contributed by atoms with Gasteiger partial charge in [-0.25, -0.2) is 13.2 Å². The van der Waals surface area contributed by atoms with Crippen LogP contribution >= 0.6 is 0 Å². The van der Waals surface area contributed by atoms with E-state index in [0.717, 1.165) is 4.31 Å². The maximum absolute atomic E-state index is 11.6. The van der Waals surface area contributed by atoms with Crippen molar-refractivity contribution in [3.8, 4) is 0 Å². The fourth-order valence-corrected chi connectivity index (χ4v) is 2.01. The smallest absolute Gasteiger partial charge is 0.326 e. The Morgan fingerprint density at radius 2 is 1.83 bits per heavy atom. The molecule has 0 rings (SSSR count). The largest absolute Gasteiger partial charge is 0.480 e. The molecule has 8 heteroatoms. The average Bonchev–Trinajstić information content (AvgIpc) is 2.24. The Hall–Kier alpha value is -1.15. The van der Waals surface area contributed by atoms with E-state index in [2.05, 4.69) is 5.32 Å². The Morgan fingerprint density at radius 1 is 1.33 bits per heavy atom. The molecule has 2 N–H and O–H groups in total. The zero-order valence-electron chi connectivity index (χ0n) is 11.0. The highest BCUT2D eigenvalue weighted by molar-refractivity contribution is 7.89. The van der Waals surface area contributed by atoms with Crippen LogP contribution in [0.2, 0.25) is 0 Å². The van der Waals surface area contributed by atoms with Crippen LogP contribution in [0.25, 0.3) is 0 Å². The van der Waals surface area contributed by atoms with E-state index in [-0.39, 0.29) is 18.2 Å². The number of carbonyl (C=O) groups is 2.